The molecule has 0 bridgehead atoms. The van der Waals surface area contributed by atoms with Crippen molar-refractivity contribution in [1.82, 2.24) is 0 Å². The third-order valence-corrected chi connectivity index (χ3v) is 2.43. The third-order valence-electron chi connectivity index (χ3n) is 1.88. The van der Waals surface area contributed by atoms with Gasteiger partial charge in [-0.3, -0.25) is 0 Å². The fraction of sp³-hybridized carbons (Fsp3) is 0.583. The summed E-state index contributed by atoms with van der Waals surface area (Å²) >= 11 is 0. The van der Waals surface area contributed by atoms with E-state index in [9.17, 15) is 13.2 Å². The van der Waals surface area contributed by atoms with Crippen LogP contribution in [0.3, 0.4) is 0 Å². The average molecular weight is 282 g/mol. The highest BCUT2D eigenvalue weighted by Crippen LogP contribution is 2.28. The molecule has 0 rings (SSSR count). The first-order chi connectivity index (χ1) is 8.38. The number of halogens is 3. The monoisotopic (exact) mass is 282 g/mol. The van der Waals surface area contributed by atoms with Crippen LogP contribution in [0.25, 0.3) is 0 Å². The number of hydrogen-bond donors (Lipinski definition) is 0. The lowest BCUT2D eigenvalue weighted by molar-refractivity contribution is -0.0562. The van der Waals surface area contributed by atoms with Gasteiger partial charge in [-0.25, -0.2) is 0 Å². The van der Waals surface area contributed by atoms with Crippen LogP contribution in [0.5, 0.6) is 0 Å². The van der Waals surface area contributed by atoms with Crippen LogP contribution in [0, 0.1) is 0 Å². The zero-order valence-corrected chi connectivity index (χ0v) is 11.7. The lowest BCUT2D eigenvalue weighted by atomic mass is 10.1. The predicted molar refractivity (Wildman–Crippen MR) is 69.1 cm³/mol. The van der Waals surface area contributed by atoms with E-state index < -0.39 is 11.5 Å². The molecule has 0 aliphatic rings. The molecular weight excluding hydrogens is 264 g/mol. The van der Waals surface area contributed by atoms with Crippen LogP contribution < -0.4 is 0 Å². The first-order valence-corrected chi connectivity index (χ1v) is 6.19. The highest BCUT2D eigenvalue weighted by Gasteiger charge is 2.36. The molecule has 2 nitrogen and oxygen atoms in total. The molecule has 18 heavy (non-hydrogen) atoms. The van der Waals surface area contributed by atoms with Gasteiger partial charge in [0.15, 0.2) is 0 Å². The van der Waals surface area contributed by atoms with E-state index in [0.29, 0.717) is 6.42 Å². The van der Waals surface area contributed by atoms with Gasteiger partial charge < -0.3 is 9.47 Å². The number of hydrogen-bond acceptors (Lipinski definition) is 2. The standard InChI is InChI=1S/C12H18F3O2P/c1-4-7-10(17-6-3)9(8-16-5-2)11(18)12(13,14)15/h7-8,18H,4-6H2,1-3H3/b9-8-,10-7+. The molecule has 0 radical (unpaired) electrons. The summed E-state index contributed by atoms with van der Waals surface area (Å²) in [5, 5.41) is -0.913. The summed E-state index contributed by atoms with van der Waals surface area (Å²) in [6.45, 7) is 5.79. The van der Waals surface area contributed by atoms with Crippen molar-refractivity contribution in [3.63, 3.8) is 0 Å². The number of ether oxygens (including phenoxy) is 2. The van der Waals surface area contributed by atoms with Crippen LogP contribution in [0.2, 0.25) is 0 Å². The molecule has 0 aliphatic carbocycles. The van der Waals surface area contributed by atoms with E-state index in [4.69, 9.17) is 9.47 Å². The largest absolute Gasteiger partial charge is 0.501 e. The van der Waals surface area contributed by atoms with E-state index in [-0.39, 0.29) is 24.5 Å². The maximum Gasteiger partial charge on any atom is 0.420 e. The first-order valence-electron chi connectivity index (χ1n) is 5.69. The summed E-state index contributed by atoms with van der Waals surface area (Å²) in [5.74, 6) is 0.163. The minimum absolute atomic E-state index is 0.135. The second kappa shape index (κ2) is 8.20. The molecule has 0 atom stereocenters. The van der Waals surface area contributed by atoms with Crippen LogP contribution >= 0.6 is 8.86 Å². The fourth-order valence-corrected chi connectivity index (χ4v) is 1.33. The van der Waals surface area contributed by atoms with Crippen LogP contribution in [-0.2, 0) is 9.47 Å². The van der Waals surface area contributed by atoms with Gasteiger partial charge in [0.05, 0.1) is 30.3 Å². The maximum absolute atomic E-state index is 12.7. The van der Waals surface area contributed by atoms with Crippen molar-refractivity contribution in [2.75, 3.05) is 13.2 Å². The topological polar surface area (TPSA) is 18.5 Å². The first kappa shape index (κ1) is 17.0. The van der Waals surface area contributed by atoms with Gasteiger partial charge in [0, 0.05) is 0 Å². The molecule has 0 unspecified atom stereocenters. The third kappa shape index (κ3) is 5.58. The van der Waals surface area contributed by atoms with Crippen molar-refractivity contribution < 1.29 is 22.6 Å². The van der Waals surface area contributed by atoms with E-state index in [0.717, 1.165) is 6.26 Å². The van der Waals surface area contributed by atoms with Crippen LogP contribution in [0.15, 0.2) is 23.7 Å². The Labute approximate surface area is 108 Å². The van der Waals surface area contributed by atoms with Gasteiger partial charge in [0.1, 0.15) is 5.76 Å². The van der Waals surface area contributed by atoms with Gasteiger partial charge in [-0.05, 0) is 26.3 Å². The molecule has 0 amide bonds. The van der Waals surface area contributed by atoms with E-state index in [1.165, 1.54) is 0 Å². The van der Waals surface area contributed by atoms with Crippen molar-refractivity contribution in [2.45, 2.75) is 33.4 Å². The Balaban J connectivity index is 5.34. The molecule has 0 saturated heterocycles. The quantitative estimate of drug-likeness (QED) is 0.397. The normalized spacial score (nSPS) is 13.4. The van der Waals surface area contributed by atoms with E-state index in [2.05, 4.69) is 8.86 Å². The predicted octanol–water partition coefficient (Wildman–Crippen LogP) is 4.11. The molecule has 6 heteroatoms. The van der Waals surface area contributed by atoms with Crippen LogP contribution in [-0.4, -0.2) is 24.7 Å². The second-order valence-electron chi connectivity index (χ2n) is 3.27. The Morgan fingerprint density at radius 2 is 1.78 bits per heavy atom. The van der Waals surface area contributed by atoms with Gasteiger partial charge in [-0.1, -0.05) is 6.92 Å². The van der Waals surface area contributed by atoms with E-state index in [1.807, 2.05) is 6.92 Å². The Bertz CT molecular complexity index is 333. The number of allylic oxidation sites excluding steroid dienone is 2. The number of rotatable bonds is 7. The minimum Gasteiger partial charge on any atom is -0.501 e. The molecule has 0 saturated carbocycles. The highest BCUT2D eigenvalue weighted by molar-refractivity contribution is 7.22. The lowest BCUT2D eigenvalue weighted by Gasteiger charge is -2.16. The maximum atomic E-state index is 12.7. The zero-order chi connectivity index (χ0) is 14.2. The van der Waals surface area contributed by atoms with Gasteiger partial charge >= 0.3 is 6.18 Å². The summed E-state index contributed by atoms with van der Waals surface area (Å²) in [4.78, 5) is 0. The summed E-state index contributed by atoms with van der Waals surface area (Å²) in [5.41, 5.74) is -0.135. The molecule has 0 fully saturated rings. The van der Waals surface area contributed by atoms with Crippen molar-refractivity contribution in [1.29, 1.82) is 0 Å². The van der Waals surface area contributed by atoms with E-state index >= 15 is 0 Å². The molecule has 0 aromatic rings. The lowest BCUT2D eigenvalue weighted by Crippen LogP contribution is -2.24. The summed E-state index contributed by atoms with van der Waals surface area (Å²) in [6.07, 6.45) is -1.27. The van der Waals surface area contributed by atoms with E-state index in [1.54, 1.807) is 19.9 Å². The molecule has 104 valence electrons. The van der Waals surface area contributed by atoms with Gasteiger partial charge in [0.25, 0.3) is 0 Å². The Morgan fingerprint density at radius 3 is 2.17 bits per heavy atom. The molecule has 0 N–H and O–H groups in total. The minimum atomic E-state index is -4.48. The smallest absolute Gasteiger partial charge is 0.420 e. The van der Waals surface area contributed by atoms with Crippen molar-refractivity contribution in [2.24, 2.45) is 0 Å². The highest BCUT2D eigenvalue weighted by atomic mass is 31.0. The number of alkyl halides is 3. The molecule has 0 aromatic carbocycles. The fourth-order valence-electron chi connectivity index (χ4n) is 1.15. The SMILES string of the molecule is CC/C=C(OCC)\C(=C\OCC)C(=P)C(F)(F)F. The van der Waals surface area contributed by atoms with Crippen molar-refractivity contribution >= 4 is 14.2 Å². The Kier molecular flexibility index (Phi) is 7.76. The second-order valence-corrected chi connectivity index (χ2v) is 3.77. The Morgan fingerprint density at radius 1 is 1.17 bits per heavy atom. The van der Waals surface area contributed by atoms with Gasteiger partial charge in [-0.15, -0.1) is 8.86 Å². The van der Waals surface area contributed by atoms with Gasteiger partial charge in [0.2, 0.25) is 0 Å². The molecular formula is C12H18F3O2P. The van der Waals surface area contributed by atoms with Crippen LogP contribution in [0.1, 0.15) is 27.2 Å². The summed E-state index contributed by atoms with van der Waals surface area (Å²) in [6, 6.07) is 0. The summed E-state index contributed by atoms with van der Waals surface area (Å²) in [7, 11) is 2.62. The zero-order valence-electron chi connectivity index (χ0n) is 10.7. The summed E-state index contributed by atoms with van der Waals surface area (Å²) < 4.78 is 48.3. The van der Waals surface area contributed by atoms with Crippen molar-refractivity contribution in [3.05, 3.63) is 23.7 Å². The van der Waals surface area contributed by atoms with Crippen molar-refractivity contribution in [3.8, 4) is 0 Å². The molecule has 0 aliphatic heterocycles. The molecule has 0 heterocycles. The Hall–Kier alpha value is -0.960. The molecule has 0 spiro atoms. The van der Waals surface area contributed by atoms with Gasteiger partial charge in [-0.2, -0.15) is 13.2 Å². The molecule has 0 aromatic heterocycles. The average Bonchev–Trinajstić information content (AvgIpc) is 2.28. The van der Waals surface area contributed by atoms with Crippen LogP contribution in [0.4, 0.5) is 13.2 Å².